The van der Waals surface area contributed by atoms with Gasteiger partial charge in [0, 0.05) is 13.1 Å². The Morgan fingerprint density at radius 1 is 1.24 bits per heavy atom. The third-order valence-corrected chi connectivity index (χ3v) is 3.35. The Bertz CT molecular complexity index is 614. The lowest BCUT2D eigenvalue weighted by molar-refractivity contribution is 0.0746. The van der Waals surface area contributed by atoms with E-state index >= 15 is 0 Å². The molecule has 0 spiro atoms. The van der Waals surface area contributed by atoms with Gasteiger partial charge in [0.15, 0.2) is 0 Å². The summed E-state index contributed by atoms with van der Waals surface area (Å²) < 4.78 is 5.13. The molecule has 110 valence electrons. The SMILES string of the molecule is CCN(Cc1ccc(OC)cc1)C(=O)c1cccc(Cl)n1. The highest BCUT2D eigenvalue weighted by Crippen LogP contribution is 2.15. The fourth-order valence-electron chi connectivity index (χ4n) is 1.97. The molecule has 4 nitrogen and oxygen atoms in total. The largest absolute Gasteiger partial charge is 0.497 e. The zero-order valence-corrected chi connectivity index (χ0v) is 12.8. The first-order valence-electron chi connectivity index (χ1n) is 6.68. The van der Waals surface area contributed by atoms with E-state index in [1.165, 1.54) is 0 Å². The first kappa shape index (κ1) is 15.3. The van der Waals surface area contributed by atoms with Crippen LogP contribution >= 0.6 is 11.6 Å². The number of nitrogens with zero attached hydrogens (tertiary/aromatic N) is 2. The number of carbonyl (C=O) groups excluding carboxylic acids is 1. The third kappa shape index (κ3) is 3.95. The molecule has 5 heteroatoms. The molecule has 0 aliphatic rings. The minimum atomic E-state index is -0.129. The Labute approximate surface area is 129 Å². The van der Waals surface area contributed by atoms with Gasteiger partial charge >= 0.3 is 0 Å². The molecule has 2 rings (SSSR count). The van der Waals surface area contributed by atoms with Crippen LogP contribution in [0.4, 0.5) is 0 Å². The van der Waals surface area contributed by atoms with Crippen molar-refractivity contribution in [2.45, 2.75) is 13.5 Å². The van der Waals surface area contributed by atoms with Crippen molar-refractivity contribution in [1.82, 2.24) is 9.88 Å². The number of benzene rings is 1. The van der Waals surface area contributed by atoms with Gasteiger partial charge in [-0.3, -0.25) is 4.79 Å². The van der Waals surface area contributed by atoms with Gasteiger partial charge in [0.25, 0.3) is 5.91 Å². The van der Waals surface area contributed by atoms with E-state index in [1.807, 2.05) is 31.2 Å². The number of pyridine rings is 1. The van der Waals surface area contributed by atoms with Crippen LogP contribution in [0.2, 0.25) is 5.15 Å². The van der Waals surface area contributed by atoms with Gasteiger partial charge in [-0.25, -0.2) is 4.98 Å². The van der Waals surface area contributed by atoms with E-state index in [4.69, 9.17) is 16.3 Å². The van der Waals surface area contributed by atoms with Crippen LogP contribution < -0.4 is 4.74 Å². The maximum Gasteiger partial charge on any atom is 0.272 e. The predicted octanol–water partition coefficient (Wildman–Crippen LogP) is 3.41. The molecular formula is C16H17ClN2O2. The van der Waals surface area contributed by atoms with E-state index in [2.05, 4.69) is 4.98 Å². The maximum atomic E-state index is 12.4. The number of aromatic nitrogens is 1. The molecule has 0 aliphatic heterocycles. The standard InChI is InChI=1S/C16H17ClN2O2/c1-3-19(11-12-7-9-13(21-2)10-8-12)16(20)14-5-4-6-15(17)18-14/h4-10H,3,11H2,1-2H3. The van der Waals surface area contributed by atoms with E-state index in [1.54, 1.807) is 30.2 Å². The van der Waals surface area contributed by atoms with Crippen molar-refractivity contribution in [2.75, 3.05) is 13.7 Å². The van der Waals surface area contributed by atoms with Crippen LogP contribution in [0, 0.1) is 0 Å². The number of ether oxygens (including phenoxy) is 1. The number of methoxy groups -OCH3 is 1. The van der Waals surface area contributed by atoms with Crippen LogP contribution in [0.1, 0.15) is 23.0 Å². The number of hydrogen-bond donors (Lipinski definition) is 0. The second kappa shape index (κ2) is 7.09. The van der Waals surface area contributed by atoms with Gasteiger partial charge in [-0.15, -0.1) is 0 Å². The molecule has 21 heavy (non-hydrogen) atoms. The molecule has 2 aromatic rings. The molecule has 1 heterocycles. The van der Waals surface area contributed by atoms with Crippen molar-refractivity contribution in [3.05, 3.63) is 58.9 Å². The summed E-state index contributed by atoms with van der Waals surface area (Å²) in [5.41, 5.74) is 1.39. The summed E-state index contributed by atoms with van der Waals surface area (Å²) in [6.45, 7) is 3.05. The molecule has 0 fully saturated rings. The van der Waals surface area contributed by atoms with E-state index in [0.29, 0.717) is 23.9 Å². The molecule has 0 N–H and O–H groups in total. The molecule has 1 aromatic heterocycles. The van der Waals surface area contributed by atoms with Gasteiger partial charge in [0.1, 0.15) is 16.6 Å². The first-order valence-corrected chi connectivity index (χ1v) is 7.06. The summed E-state index contributed by atoms with van der Waals surface area (Å²) in [6, 6.07) is 12.7. The number of rotatable bonds is 5. The average molecular weight is 305 g/mol. The van der Waals surface area contributed by atoms with Crippen LogP contribution in [0.25, 0.3) is 0 Å². The monoisotopic (exact) mass is 304 g/mol. The van der Waals surface area contributed by atoms with E-state index < -0.39 is 0 Å². The summed E-state index contributed by atoms with van der Waals surface area (Å²) in [6.07, 6.45) is 0. The van der Waals surface area contributed by atoms with Crippen molar-refractivity contribution in [3.8, 4) is 5.75 Å². The van der Waals surface area contributed by atoms with Crippen LogP contribution in [0.3, 0.4) is 0 Å². The summed E-state index contributed by atoms with van der Waals surface area (Å²) in [4.78, 5) is 18.2. The summed E-state index contributed by atoms with van der Waals surface area (Å²) >= 11 is 5.83. The molecule has 1 amide bonds. The Morgan fingerprint density at radius 2 is 1.95 bits per heavy atom. The van der Waals surface area contributed by atoms with Crippen LogP contribution in [-0.2, 0) is 6.54 Å². The molecule has 0 saturated carbocycles. The fraction of sp³-hybridized carbons (Fsp3) is 0.250. The van der Waals surface area contributed by atoms with Gasteiger partial charge in [0.05, 0.1) is 7.11 Å². The van der Waals surface area contributed by atoms with Gasteiger partial charge in [-0.05, 0) is 36.8 Å². The molecular weight excluding hydrogens is 288 g/mol. The average Bonchev–Trinajstić information content (AvgIpc) is 2.52. The summed E-state index contributed by atoms with van der Waals surface area (Å²) in [7, 11) is 1.63. The Balaban J connectivity index is 2.13. The van der Waals surface area contributed by atoms with Crippen LogP contribution in [-0.4, -0.2) is 29.4 Å². The lowest BCUT2D eigenvalue weighted by Gasteiger charge is -2.20. The molecule has 0 bridgehead atoms. The summed E-state index contributed by atoms with van der Waals surface area (Å²) in [5.74, 6) is 0.667. The lowest BCUT2D eigenvalue weighted by atomic mass is 10.2. The van der Waals surface area contributed by atoms with Crippen molar-refractivity contribution in [3.63, 3.8) is 0 Å². The maximum absolute atomic E-state index is 12.4. The van der Waals surface area contributed by atoms with Gasteiger partial charge < -0.3 is 9.64 Å². The minimum absolute atomic E-state index is 0.129. The van der Waals surface area contributed by atoms with Gasteiger partial charge in [-0.1, -0.05) is 29.8 Å². The molecule has 0 unspecified atom stereocenters. The van der Waals surface area contributed by atoms with Crippen molar-refractivity contribution >= 4 is 17.5 Å². The van der Waals surface area contributed by atoms with Crippen molar-refractivity contribution in [1.29, 1.82) is 0 Å². The molecule has 0 radical (unpaired) electrons. The zero-order valence-electron chi connectivity index (χ0n) is 12.0. The first-order chi connectivity index (χ1) is 10.1. The lowest BCUT2D eigenvalue weighted by Crippen LogP contribution is -2.30. The number of carbonyl (C=O) groups is 1. The number of halogens is 1. The van der Waals surface area contributed by atoms with Crippen molar-refractivity contribution in [2.24, 2.45) is 0 Å². The molecule has 0 aliphatic carbocycles. The molecule has 0 saturated heterocycles. The van der Waals surface area contributed by atoms with E-state index in [-0.39, 0.29) is 5.91 Å². The second-order valence-electron chi connectivity index (χ2n) is 4.51. The van der Waals surface area contributed by atoms with Crippen LogP contribution in [0.5, 0.6) is 5.75 Å². The number of hydrogen-bond acceptors (Lipinski definition) is 3. The van der Waals surface area contributed by atoms with Gasteiger partial charge in [0.2, 0.25) is 0 Å². The van der Waals surface area contributed by atoms with E-state index in [9.17, 15) is 4.79 Å². The Hall–Kier alpha value is -2.07. The second-order valence-corrected chi connectivity index (χ2v) is 4.90. The fourth-order valence-corrected chi connectivity index (χ4v) is 2.13. The normalized spacial score (nSPS) is 10.2. The smallest absolute Gasteiger partial charge is 0.272 e. The molecule has 0 atom stereocenters. The van der Waals surface area contributed by atoms with Crippen LogP contribution in [0.15, 0.2) is 42.5 Å². The highest BCUT2D eigenvalue weighted by molar-refractivity contribution is 6.29. The predicted molar refractivity (Wildman–Crippen MR) is 82.7 cm³/mol. The Morgan fingerprint density at radius 3 is 2.52 bits per heavy atom. The zero-order chi connectivity index (χ0) is 15.2. The van der Waals surface area contributed by atoms with E-state index in [0.717, 1.165) is 11.3 Å². The topological polar surface area (TPSA) is 42.4 Å². The Kier molecular flexibility index (Phi) is 5.17. The third-order valence-electron chi connectivity index (χ3n) is 3.14. The minimum Gasteiger partial charge on any atom is -0.497 e. The van der Waals surface area contributed by atoms with Gasteiger partial charge in [-0.2, -0.15) is 0 Å². The quantitative estimate of drug-likeness (QED) is 0.795. The molecule has 1 aromatic carbocycles. The highest BCUT2D eigenvalue weighted by Gasteiger charge is 2.16. The summed E-state index contributed by atoms with van der Waals surface area (Å²) in [5, 5.41) is 0.321. The highest BCUT2D eigenvalue weighted by atomic mass is 35.5. The van der Waals surface area contributed by atoms with Crippen molar-refractivity contribution < 1.29 is 9.53 Å². The number of amides is 1.